The van der Waals surface area contributed by atoms with Crippen molar-refractivity contribution in [2.75, 3.05) is 31.1 Å². The van der Waals surface area contributed by atoms with Crippen molar-refractivity contribution in [3.05, 3.63) is 45.2 Å². The Bertz CT molecular complexity index is 1110. The van der Waals surface area contributed by atoms with Crippen LogP contribution >= 0.6 is 11.3 Å². The van der Waals surface area contributed by atoms with Gasteiger partial charge in [0.15, 0.2) is 0 Å². The van der Waals surface area contributed by atoms with Crippen LogP contribution in [0.2, 0.25) is 0 Å². The maximum Gasteiger partial charge on any atom is 0.264 e. The van der Waals surface area contributed by atoms with Gasteiger partial charge in [-0.25, -0.2) is 9.97 Å². The third-order valence-electron chi connectivity index (χ3n) is 5.55. The fourth-order valence-electron chi connectivity index (χ4n) is 4.02. The molecule has 1 amide bonds. The van der Waals surface area contributed by atoms with Crippen LogP contribution in [0, 0.1) is 6.92 Å². The molecular weight excluding hydrogens is 376 g/mol. The fourth-order valence-corrected chi connectivity index (χ4v) is 5.17. The summed E-state index contributed by atoms with van der Waals surface area (Å²) >= 11 is 1.35. The number of carbonyl (C=O) groups is 1. The van der Waals surface area contributed by atoms with Crippen LogP contribution in [0.5, 0.6) is 0 Å². The third kappa shape index (κ3) is 2.69. The lowest BCUT2D eigenvalue weighted by Gasteiger charge is -2.35. The zero-order chi connectivity index (χ0) is 19.3. The summed E-state index contributed by atoms with van der Waals surface area (Å²) in [6, 6.07) is 0. The number of piperazine rings is 1. The SMILES string of the molecule is Cc1c(C(=O)N2CCN(c3cnccn3)CC2)sc2nc3n(c(=O)c12)CCC3. The normalized spacial score (nSPS) is 16.6. The summed E-state index contributed by atoms with van der Waals surface area (Å²) in [5, 5.41) is 0.609. The number of aryl methyl sites for hydroxylation is 2. The van der Waals surface area contributed by atoms with E-state index in [0.717, 1.165) is 36.6 Å². The molecule has 28 heavy (non-hydrogen) atoms. The van der Waals surface area contributed by atoms with Gasteiger partial charge in [-0.05, 0) is 18.9 Å². The zero-order valence-corrected chi connectivity index (χ0v) is 16.4. The first-order valence-corrected chi connectivity index (χ1v) is 10.3. The van der Waals surface area contributed by atoms with Crippen LogP contribution in [0.15, 0.2) is 23.4 Å². The van der Waals surface area contributed by atoms with Crippen molar-refractivity contribution in [2.45, 2.75) is 26.3 Å². The van der Waals surface area contributed by atoms with E-state index in [1.165, 1.54) is 11.3 Å². The molecule has 5 rings (SSSR count). The van der Waals surface area contributed by atoms with Crippen molar-refractivity contribution in [2.24, 2.45) is 0 Å². The van der Waals surface area contributed by atoms with Crippen molar-refractivity contribution < 1.29 is 4.79 Å². The molecule has 1 saturated heterocycles. The molecule has 3 aromatic heterocycles. The molecule has 2 aliphatic rings. The lowest BCUT2D eigenvalue weighted by atomic mass is 10.2. The number of rotatable bonds is 2. The number of amides is 1. The second-order valence-electron chi connectivity index (χ2n) is 7.17. The molecule has 0 N–H and O–H groups in total. The Morgan fingerprint density at radius 3 is 2.71 bits per heavy atom. The Morgan fingerprint density at radius 1 is 1.14 bits per heavy atom. The monoisotopic (exact) mass is 396 g/mol. The third-order valence-corrected chi connectivity index (χ3v) is 6.72. The van der Waals surface area contributed by atoms with Crippen molar-refractivity contribution in [1.29, 1.82) is 0 Å². The zero-order valence-electron chi connectivity index (χ0n) is 15.6. The van der Waals surface area contributed by atoms with Crippen molar-refractivity contribution in [3.8, 4) is 0 Å². The molecule has 0 aliphatic carbocycles. The Labute approximate surface area is 165 Å². The Kier molecular flexibility index (Phi) is 4.12. The number of anilines is 1. The van der Waals surface area contributed by atoms with Crippen LogP contribution in [0.3, 0.4) is 0 Å². The van der Waals surface area contributed by atoms with Crippen LogP contribution in [0.25, 0.3) is 10.2 Å². The van der Waals surface area contributed by atoms with Gasteiger partial charge in [-0.15, -0.1) is 11.3 Å². The summed E-state index contributed by atoms with van der Waals surface area (Å²) < 4.78 is 1.76. The number of carbonyl (C=O) groups excluding carboxylic acids is 1. The van der Waals surface area contributed by atoms with Crippen LogP contribution in [0.1, 0.15) is 27.5 Å². The molecule has 0 bridgehead atoms. The molecule has 9 heteroatoms. The number of fused-ring (bicyclic) bond motifs is 2. The summed E-state index contributed by atoms with van der Waals surface area (Å²) in [5.74, 6) is 1.67. The highest BCUT2D eigenvalue weighted by molar-refractivity contribution is 7.20. The van der Waals surface area contributed by atoms with Gasteiger partial charge in [-0.2, -0.15) is 0 Å². The molecule has 0 atom stereocenters. The summed E-state index contributed by atoms with van der Waals surface area (Å²) in [6.45, 7) is 5.25. The molecule has 0 aromatic carbocycles. The standard InChI is InChI=1S/C19H20N6O2S/c1-12-15-17(22-13-3-2-6-25(13)18(15)26)28-16(12)19(27)24-9-7-23(8-10-24)14-11-20-4-5-21-14/h4-5,11H,2-3,6-10H2,1H3. The van der Waals surface area contributed by atoms with Gasteiger partial charge >= 0.3 is 0 Å². The molecule has 0 unspecified atom stereocenters. The smallest absolute Gasteiger partial charge is 0.264 e. The van der Waals surface area contributed by atoms with Crippen molar-refractivity contribution in [3.63, 3.8) is 0 Å². The molecule has 1 fully saturated rings. The Balaban J connectivity index is 1.40. The van der Waals surface area contributed by atoms with Crippen LogP contribution < -0.4 is 10.5 Å². The Morgan fingerprint density at radius 2 is 1.96 bits per heavy atom. The first kappa shape index (κ1) is 17.3. The summed E-state index contributed by atoms with van der Waals surface area (Å²) in [5.41, 5.74) is 0.763. The van der Waals surface area contributed by atoms with Crippen molar-refractivity contribution >= 4 is 33.3 Å². The highest BCUT2D eigenvalue weighted by Gasteiger charge is 2.28. The molecule has 0 spiro atoms. The summed E-state index contributed by atoms with van der Waals surface area (Å²) in [6.07, 6.45) is 6.86. The molecule has 0 radical (unpaired) electrons. The largest absolute Gasteiger partial charge is 0.352 e. The maximum atomic E-state index is 13.2. The van der Waals surface area contributed by atoms with Gasteiger partial charge in [0.05, 0.1) is 16.5 Å². The van der Waals surface area contributed by atoms with E-state index in [1.807, 2.05) is 11.8 Å². The van der Waals surface area contributed by atoms with E-state index < -0.39 is 0 Å². The molecule has 2 aliphatic heterocycles. The van der Waals surface area contributed by atoms with Crippen LogP contribution in [-0.2, 0) is 13.0 Å². The average Bonchev–Trinajstić information content (AvgIpc) is 3.33. The lowest BCUT2D eigenvalue weighted by molar-refractivity contribution is 0.0751. The lowest BCUT2D eigenvalue weighted by Crippen LogP contribution is -2.49. The second-order valence-corrected chi connectivity index (χ2v) is 8.17. The van der Waals surface area contributed by atoms with Crippen LogP contribution in [0.4, 0.5) is 5.82 Å². The predicted octanol–water partition coefficient (Wildman–Crippen LogP) is 1.47. The van der Waals surface area contributed by atoms with E-state index in [9.17, 15) is 9.59 Å². The topological polar surface area (TPSA) is 84.2 Å². The first-order chi connectivity index (χ1) is 13.6. The molecule has 8 nitrogen and oxygen atoms in total. The minimum absolute atomic E-state index is 0.00206. The molecular formula is C19H20N6O2S. The predicted molar refractivity (Wildman–Crippen MR) is 107 cm³/mol. The average molecular weight is 396 g/mol. The quantitative estimate of drug-likeness (QED) is 0.652. The van der Waals surface area contributed by atoms with E-state index in [-0.39, 0.29) is 11.5 Å². The van der Waals surface area contributed by atoms with Gasteiger partial charge in [0.1, 0.15) is 16.5 Å². The van der Waals surface area contributed by atoms with E-state index in [1.54, 1.807) is 23.2 Å². The summed E-state index contributed by atoms with van der Waals surface area (Å²) in [4.78, 5) is 44.4. The summed E-state index contributed by atoms with van der Waals surface area (Å²) in [7, 11) is 0. The fraction of sp³-hybridized carbons (Fsp3) is 0.421. The number of hydrogen-bond acceptors (Lipinski definition) is 7. The van der Waals surface area contributed by atoms with Gasteiger partial charge in [-0.3, -0.25) is 19.1 Å². The Hall–Kier alpha value is -2.81. The van der Waals surface area contributed by atoms with Gasteiger partial charge < -0.3 is 9.80 Å². The van der Waals surface area contributed by atoms with E-state index in [4.69, 9.17) is 0 Å². The van der Waals surface area contributed by atoms with E-state index in [0.29, 0.717) is 41.3 Å². The van der Waals surface area contributed by atoms with Crippen LogP contribution in [-0.4, -0.2) is 56.5 Å². The van der Waals surface area contributed by atoms with E-state index in [2.05, 4.69) is 19.9 Å². The number of aromatic nitrogens is 4. The van der Waals surface area contributed by atoms with Gasteiger partial charge in [0.25, 0.3) is 11.5 Å². The van der Waals surface area contributed by atoms with E-state index >= 15 is 0 Å². The van der Waals surface area contributed by atoms with Gasteiger partial charge in [-0.1, -0.05) is 0 Å². The first-order valence-electron chi connectivity index (χ1n) is 9.46. The number of nitrogens with zero attached hydrogens (tertiary/aromatic N) is 6. The maximum absolute atomic E-state index is 13.2. The highest BCUT2D eigenvalue weighted by atomic mass is 32.1. The van der Waals surface area contributed by atoms with Gasteiger partial charge in [0, 0.05) is 51.5 Å². The van der Waals surface area contributed by atoms with Crippen molar-refractivity contribution in [1.82, 2.24) is 24.4 Å². The molecule has 144 valence electrons. The number of thiophene rings is 1. The second kappa shape index (κ2) is 6.66. The molecule has 0 saturated carbocycles. The minimum atomic E-state index is -0.0103. The molecule has 5 heterocycles. The number of hydrogen-bond donors (Lipinski definition) is 0. The minimum Gasteiger partial charge on any atom is -0.352 e. The molecule has 3 aromatic rings. The van der Waals surface area contributed by atoms with Gasteiger partial charge in [0.2, 0.25) is 0 Å². The highest BCUT2D eigenvalue weighted by Crippen LogP contribution is 2.30.